The number of amides is 3. The number of rotatable bonds is 7. The van der Waals surface area contributed by atoms with Crippen LogP contribution in [0.4, 0.5) is 11.4 Å². The summed E-state index contributed by atoms with van der Waals surface area (Å²) in [5.41, 5.74) is 3.84. The summed E-state index contributed by atoms with van der Waals surface area (Å²) in [5.74, 6) is -0.611. The molecule has 0 aliphatic carbocycles. The Balaban J connectivity index is 1.00. The van der Waals surface area contributed by atoms with Crippen LogP contribution in [-0.2, 0) is 4.79 Å². The number of para-hydroxylation sites is 1. The van der Waals surface area contributed by atoms with Gasteiger partial charge in [0, 0.05) is 16.8 Å². The smallest absolute Gasteiger partial charge is 0.271 e. The lowest BCUT2D eigenvalue weighted by atomic mass is 9.95. The molecule has 10 nitrogen and oxygen atoms in total. The van der Waals surface area contributed by atoms with Crippen LogP contribution in [0.1, 0.15) is 45.0 Å². The van der Waals surface area contributed by atoms with Gasteiger partial charge >= 0.3 is 0 Å². The van der Waals surface area contributed by atoms with Gasteiger partial charge in [0.15, 0.2) is 14.2 Å². The van der Waals surface area contributed by atoms with E-state index in [9.17, 15) is 19.2 Å². The highest BCUT2D eigenvalue weighted by Crippen LogP contribution is 2.38. The number of nitrogens with zero attached hydrogens (tertiary/aromatic N) is 4. The van der Waals surface area contributed by atoms with Crippen molar-refractivity contribution in [3.63, 3.8) is 0 Å². The first-order valence-corrected chi connectivity index (χ1v) is 19.3. The quantitative estimate of drug-likeness (QED) is 0.164. The molecule has 0 fully saturated rings. The van der Waals surface area contributed by atoms with E-state index in [4.69, 9.17) is 26.0 Å². The van der Waals surface area contributed by atoms with E-state index in [2.05, 4.69) is 5.32 Å². The largest absolute Gasteiger partial charge is 0.450 e. The van der Waals surface area contributed by atoms with E-state index >= 15 is 0 Å². The molecule has 54 heavy (non-hydrogen) atoms. The molecule has 2 aliphatic rings. The molecule has 264 valence electrons. The van der Waals surface area contributed by atoms with Crippen LogP contribution in [0.25, 0.3) is 16.3 Å². The third-order valence-corrected chi connectivity index (χ3v) is 12.2. The maximum atomic E-state index is 14.1. The van der Waals surface area contributed by atoms with Crippen molar-refractivity contribution < 1.29 is 18.8 Å². The number of thiazole rings is 2. The minimum atomic E-state index is -0.747. The number of imide groups is 1. The lowest BCUT2D eigenvalue weighted by molar-refractivity contribution is -0.113. The van der Waals surface area contributed by atoms with Crippen LogP contribution in [0.3, 0.4) is 0 Å². The van der Waals surface area contributed by atoms with Gasteiger partial charge in [-0.15, -0.1) is 11.3 Å². The second kappa shape index (κ2) is 13.5. The number of halogens is 1. The zero-order valence-electron chi connectivity index (χ0n) is 28.0. The van der Waals surface area contributed by atoms with Gasteiger partial charge in [0.05, 0.1) is 48.9 Å². The van der Waals surface area contributed by atoms with Crippen molar-refractivity contribution in [2.75, 3.05) is 10.2 Å². The van der Waals surface area contributed by atoms with Gasteiger partial charge in [0.2, 0.25) is 0 Å². The van der Waals surface area contributed by atoms with Gasteiger partial charge in [-0.25, -0.2) is 14.9 Å². The van der Waals surface area contributed by atoms with Crippen LogP contribution >= 0.6 is 46.0 Å². The number of carbonyl (C=O) groups excluding carboxylic acids is 3. The highest BCUT2D eigenvalue weighted by molar-refractivity contribution is 8.01. The molecule has 1 atom stereocenters. The molecule has 14 heteroatoms. The average molecular weight is 786 g/mol. The van der Waals surface area contributed by atoms with E-state index in [1.165, 1.54) is 39.3 Å². The molecular formula is C40H24ClN5O5S3. The van der Waals surface area contributed by atoms with Crippen molar-refractivity contribution >= 4 is 91.4 Å². The maximum absolute atomic E-state index is 14.1. The summed E-state index contributed by atoms with van der Waals surface area (Å²) >= 11 is 10.2. The fourth-order valence-electron chi connectivity index (χ4n) is 6.47. The molecule has 2 aliphatic heterocycles. The fourth-order valence-corrected chi connectivity index (χ4v) is 9.63. The van der Waals surface area contributed by atoms with Crippen molar-refractivity contribution in [1.82, 2.24) is 9.55 Å². The Hall–Kier alpha value is -5.86. The normalized spacial score (nSPS) is 15.5. The second-order valence-corrected chi connectivity index (χ2v) is 16.1. The van der Waals surface area contributed by atoms with Gasteiger partial charge in [0.1, 0.15) is 5.76 Å². The van der Waals surface area contributed by atoms with E-state index < -0.39 is 6.04 Å². The number of carbonyl (C=O) groups is 3. The standard InChI is InChI=1S/C40H24ClN5O5S3/c1-21-33(35(47)43-24-7-3-2-4-8-24)34(22-11-13-23(41)14-12-22)46-38(50)31(52-39(46)42-21)20-26-16-18-32(51-26)54-40-44-29-17-15-25(19-30(29)53-40)45-36(48)27-9-5-6-10-28(27)37(45)49/h2-20,34H,1H3,(H,43,47)/b31-20-/t34-/m0/s1. The fraction of sp³-hybridized carbons (Fsp3) is 0.0500. The van der Waals surface area contributed by atoms with Crippen LogP contribution in [0.15, 0.2) is 144 Å². The van der Waals surface area contributed by atoms with E-state index in [0.29, 0.717) is 68.9 Å². The van der Waals surface area contributed by atoms with E-state index in [1.807, 2.05) is 30.3 Å². The molecule has 0 spiro atoms. The topological polar surface area (TPSA) is 127 Å². The molecule has 1 N–H and O–H groups in total. The Labute approximate surface area is 323 Å². The Bertz CT molecular complexity index is 2880. The monoisotopic (exact) mass is 785 g/mol. The van der Waals surface area contributed by atoms with Gasteiger partial charge in [-0.2, -0.15) is 0 Å². The maximum Gasteiger partial charge on any atom is 0.271 e. The highest BCUT2D eigenvalue weighted by atomic mass is 35.5. The van der Waals surface area contributed by atoms with Crippen molar-refractivity contribution in [2.45, 2.75) is 22.4 Å². The van der Waals surface area contributed by atoms with Crippen LogP contribution in [-0.4, -0.2) is 27.3 Å². The summed E-state index contributed by atoms with van der Waals surface area (Å²) in [6.45, 7) is 1.77. The SMILES string of the molecule is CC1=C(C(=O)Nc2ccccc2)[C@H](c2ccc(Cl)cc2)n2c(s/c(=C\c3ccc(Sc4nc5ccc(N6C(=O)c7ccccc7C6=O)cc5s4)o3)c2=O)=N1. The third kappa shape index (κ3) is 6.00. The first kappa shape index (κ1) is 33.9. The van der Waals surface area contributed by atoms with E-state index in [-0.39, 0.29) is 23.3 Å². The summed E-state index contributed by atoms with van der Waals surface area (Å²) in [6, 6.07) is 31.1. The lowest BCUT2D eigenvalue weighted by Gasteiger charge is -2.25. The lowest BCUT2D eigenvalue weighted by Crippen LogP contribution is -2.40. The Morgan fingerprint density at radius 3 is 2.35 bits per heavy atom. The zero-order chi connectivity index (χ0) is 37.1. The minimum Gasteiger partial charge on any atom is -0.450 e. The van der Waals surface area contributed by atoms with Gasteiger partial charge in [-0.3, -0.25) is 23.7 Å². The number of fused-ring (bicyclic) bond motifs is 3. The first-order valence-electron chi connectivity index (χ1n) is 16.5. The van der Waals surface area contributed by atoms with Gasteiger partial charge in [0.25, 0.3) is 23.3 Å². The van der Waals surface area contributed by atoms with Crippen molar-refractivity contribution in [3.05, 3.63) is 168 Å². The molecule has 0 saturated heterocycles. The Kier molecular flexibility index (Phi) is 8.50. The molecule has 3 aromatic heterocycles. The molecule has 9 rings (SSSR count). The van der Waals surface area contributed by atoms with Gasteiger partial charge in [-0.05, 0) is 91.0 Å². The molecule has 0 bridgehead atoms. The van der Waals surface area contributed by atoms with Crippen LogP contribution in [0.2, 0.25) is 5.02 Å². The summed E-state index contributed by atoms with van der Waals surface area (Å²) in [6.07, 6.45) is 1.67. The molecule has 7 aromatic rings. The predicted octanol–water partition coefficient (Wildman–Crippen LogP) is 7.68. The van der Waals surface area contributed by atoms with Crippen LogP contribution < -0.4 is 25.1 Å². The van der Waals surface area contributed by atoms with Crippen molar-refractivity contribution in [2.24, 2.45) is 4.99 Å². The first-order chi connectivity index (χ1) is 26.2. The average Bonchev–Trinajstić information content (AvgIpc) is 3.92. The number of allylic oxidation sites excluding steroid dienone is 1. The van der Waals surface area contributed by atoms with Crippen molar-refractivity contribution in [1.29, 1.82) is 0 Å². The van der Waals surface area contributed by atoms with Crippen LogP contribution in [0.5, 0.6) is 0 Å². The Morgan fingerprint density at radius 2 is 1.61 bits per heavy atom. The zero-order valence-corrected chi connectivity index (χ0v) is 31.2. The molecule has 0 radical (unpaired) electrons. The summed E-state index contributed by atoms with van der Waals surface area (Å²) in [7, 11) is 0. The summed E-state index contributed by atoms with van der Waals surface area (Å²) in [4.78, 5) is 65.1. The summed E-state index contributed by atoms with van der Waals surface area (Å²) < 4.78 is 9.57. The molecule has 5 heterocycles. The number of benzene rings is 4. The molecule has 4 aromatic carbocycles. The Morgan fingerprint density at radius 1 is 0.889 bits per heavy atom. The molecule has 0 unspecified atom stereocenters. The third-order valence-electron chi connectivity index (χ3n) is 8.95. The predicted molar refractivity (Wildman–Crippen MR) is 210 cm³/mol. The van der Waals surface area contributed by atoms with Crippen LogP contribution in [0, 0.1) is 0 Å². The highest BCUT2D eigenvalue weighted by Gasteiger charge is 2.36. The molecular weight excluding hydrogens is 762 g/mol. The number of hydrogen-bond acceptors (Lipinski definition) is 10. The molecule has 3 amide bonds. The second-order valence-electron chi connectivity index (χ2n) is 12.3. The van der Waals surface area contributed by atoms with E-state index in [1.54, 1.807) is 96.4 Å². The number of aromatic nitrogens is 2. The van der Waals surface area contributed by atoms with Gasteiger partial charge < -0.3 is 9.73 Å². The van der Waals surface area contributed by atoms with E-state index in [0.717, 1.165) is 10.2 Å². The number of furan rings is 1. The molecule has 0 saturated carbocycles. The number of hydrogen-bond donors (Lipinski definition) is 1. The minimum absolute atomic E-state index is 0.318. The van der Waals surface area contributed by atoms with Gasteiger partial charge in [-0.1, -0.05) is 65.4 Å². The number of nitrogens with one attached hydrogen (secondary N) is 1. The number of anilines is 2. The van der Waals surface area contributed by atoms with Crippen molar-refractivity contribution in [3.8, 4) is 0 Å². The summed E-state index contributed by atoms with van der Waals surface area (Å²) in [5, 5.41) is 4.04.